The summed E-state index contributed by atoms with van der Waals surface area (Å²) >= 11 is 4.55. The van der Waals surface area contributed by atoms with Gasteiger partial charge in [0, 0.05) is 9.85 Å². The van der Waals surface area contributed by atoms with Crippen LogP contribution in [0.4, 0.5) is 5.69 Å². The van der Waals surface area contributed by atoms with Crippen molar-refractivity contribution in [2.45, 2.75) is 13.0 Å². The second-order valence-electron chi connectivity index (χ2n) is 4.31. The molecule has 1 heterocycles. The highest BCUT2D eigenvalue weighted by Crippen LogP contribution is 2.25. The number of benzene rings is 1. The number of hydrogen-bond donors (Lipinski definition) is 3. The van der Waals surface area contributed by atoms with Gasteiger partial charge in [-0.3, -0.25) is 4.79 Å². The van der Waals surface area contributed by atoms with E-state index >= 15 is 0 Å². The summed E-state index contributed by atoms with van der Waals surface area (Å²) in [5, 5.41) is 13.9. The molecule has 0 fully saturated rings. The third-order valence-corrected chi connectivity index (χ3v) is 4.31. The van der Waals surface area contributed by atoms with Crippen LogP contribution in [0.3, 0.4) is 0 Å². The summed E-state index contributed by atoms with van der Waals surface area (Å²) in [6.45, 7) is 1.79. The second-order valence-corrected chi connectivity index (χ2v) is 6.06. The number of carbonyl (C=O) groups is 2. The number of aromatic carboxylic acids is 1. The van der Waals surface area contributed by atoms with Crippen LogP contribution in [0.15, 0.2) is 28.1 Å². The molecule has 8 heteroatoms. The Balaban J connectivity index is 2.17. The summed E-state index contributed by atoms with van der Waals surface area (Å²) in [6, 6.07) is 4.13. The fourth-order valence-corrected chi connectivity index (χ4v) is 2.77. The summed E-state index contributed by atoms with van der Waals surface area (Å²) in [5.74, 6) is -1.41. The first-order chi connectivity index (χ1) is 9.88. The van der Waals surface area contributed by atoms with Crippen molar-refractivity contribution < 1.29 is 14.7 Å². The maximum Gasteiger partial charge on any atom is 0.335 e. The fourth-order valence-electron chi connectivity index (χ4n) is 1.54. The Morgan fingerprint density at radius 3 is 2.71 bits per heavy atom. The number of carboxylic acids is 1. The molecule has 1 unspecified atom stereocenters. The first-order valence-electron chi connectivity index (χ1n) is 5.93. The maximum atomic E-state index is 12.1. The topological polar surface area (TPSA) is 105 Å². The molecule has 0 bridgehead atoms. The Bertz CT molecular complexity index is 700. The number of carboxylic acid groups (broad SMARTS) is 1. The minimum absolute atomic E-state index is 0.132. The van der Waals surface area contributed by atoms with E-state index in [0.29, 0.717) is 15.2 Å². The van der Waals surface area contributed by atoms with Crippen molar-refractivity contribution in [2.75, 3.05) is 5.32 Å². The van der Waals surface area contributed by atoms with Gasteiger partial charge in [-0.25, -0.2) is 9.78 Å². The molecule has 0 saturated carbocycles. The monoisotopic (exact) mass is 369 g/mol. The van der Waals surface area contributed by atoms with E-state index in [0.717, 1.165) is 0 Å². The molecule has 21 heavy (non-hydrogen) atoms. The molecule has 2 rings (SSSR count). The molecular formula is C13H12BrN3O3S. The molecule has 1 amide bonds. The van der Waals surface area contributed by atoms with Crippen LogP contribution in [-0.4, -0.2) is 22.0 Å². The van der Waals surface area contributed by atoms with Gasteiger partial charge in [0.15, 0.2) is 0 Å². The van der Waals surface area contributed by atoms with Gasteiger partial charge >= 0.3 is 5.97 Å². The van der Waals surface area contributed by atoms with Gasteiger partial charge < -0.3 is 16.2 Å². The van der Waals surface area contributed by atoms with Crippen LogP contribution in [0.1, 0.15) is 38.8 Å². The average Bonchev–Trinajstić information content (AvgIpc) is 2.90. The van der Waals surface area contributed by atoms with E-state index in [2.05, 4.69) is 26.2 Å². The van der Waals surface area contributed by atoms with Gasteiger partial charge in [-0.2, -0.15) is 0 Å². The number of thiazole rings is 1. The van der Waals surface area contributed by atoms with Crippen molar-refractivity contribution in [3.8, 4) is 0 Å². The Kier molecular flexibility index (Phi) is 4.71. The molecule has 0 aliphatic heterocycles. The van der Waals surface area contributed by atoms with Gasteiger partial charge in [0.25, 0.3) is 5.91 Å². The maximum absolute atomic E-state index is 12.1. The number of amides is 1. The summed E-state index contributed by atoms with van der Waals surface area (Å²) in [4.78, 5) is 27.1. The van der Waals surface area contributed by atoms with E-state index < -0.39 is 5.97 Å². The molecule has 1 aromatic heterocycles. The van der Waals surface area contributed by atoms with Gasteiger partial charge in [-0.05, 0) is 41.1 Å². The van der Waals surface area contributed by atoms with Crippen molar-refractivity contribution in [3.05, 3.63) is 44.3 Å². The van der Waals surface area contributed by atoms with Crippen LogP contribution in [0.5, 0.6) is 0 Å². The zero-order chi connectivity index (χ0) is 15.6. The molecule has 4 N–H and O–H groups in total. The Labute approximate surface area is 133 Å². The van der Waals surface area contributed by atoms with Crippen molar-refractivity contribution in [1.82, 2.24) is 4.98 Å². The van der Waals surface area contributed by atoms with Crippen molar-refractivity contribution in [3.63, 3.8) is 0 Å². The molecule has 0 aliphatic carbocycles. The van der Waals surface area contributed by atoms with Crippen molar-refractivity contribution >= 4 is 44.8 Å². The van der Waals surface area contributed by atoms with E-state index in [-0.39, 0.29) is 23.2 Å². The Hall–Kier alpha value is -1.77. The minimum atomic E-state index is -1.03. The molecule has 110 valence electrons. The second kappa shape index (κ2) is 6.33. The first kappa shape index (κ1) is 15.6. The molecule has 1 atom stereocenters. The number of nitrogens with two attached hydrogens (primary N) is 1. The summed E-state index contributed by atoms with van der Waals surface area (Å²) < 4.78 is 0.485. The van der Waals surface area contributed by atoms with Crippen LogP contribution in [0.25, 0.3) is 0 Å². The molecular weight excluding hydrogens is 358 g/mol. The highest BCUT2D eigenvalue weighted by atomic mass is 79.9. The third kappa shape index (κ3) is 3.66. The lowest BCUT2D eigenvalue weighted by atomic mass is 10.2. The first-order valence-corrected chi connectivity index (χ1v) is 7.61. The molecule has 2 aromatic rings. The lowest BCUT2D eigenvalue weighted by molar-refractivity contribution is 0.0696. The van der Waals surface area contributed by atoms with Crippen LogP contribution >= 0.6 is 27.3 Å². The number of rotatable bonds is 4. The molecule has 1 aromatic carbocycles. The lowest BCUT2D eigenvalue weighted by Crippen LogP contribution is -2.14. The van der Waals surface area contributed by atoms with Gasteiger partial charge in [0.2, 0.25) is 0 Å². The molecule has 0 aliphatic rings. The number of anilines is 1. The van der Waals surface area contributed by atoms with Crippen LogP contribution in [0, 0.1) is 0 Å². The summed E-state index contributed by atoms with van der Waals surface area (Å²) in [6.07, 6.45) is 0. The van der Waals surface area contributed by atoms with E-state index in [1.807, 2.05) is 0 Å². The van der Waals surface area contributed by atoms with Gasteiger partial charge in [-0.1, -0.05) is 0 Å². The van der Waals surface area contributed by atoms with Crippen molar-refractivity contribution in [1.29, 1.82) is 0 Å². The minimum Gasteiger partial charge on any atom is -0.478 e. The van der Waals surface area contributed by atoms with Crippen molar-refractivity contribution in [2.24, 2.45) is 5.73 Å². The Morgan fingerprint density at radius 1 is 1.48 bits per heavy atom. The van der Waals surface area contributed by atoms with Crippen LogP contribution in [-0.2, 0) is 0 Å². The standard InChI is InChI=1S/C13H12BrN3O3S/c1-6(15)12-17-10(5-21-12)11(18)16-9-3-2-7(13(19)20)4-8(9)14/h2-6H,15H2,1H3,(H,16,18)(H,19,20). The zero-order valence-corrected chi connectivity index (χ0v) is 13.4. The highest BCUT2D eigenvalue weighted by molar-refractivity contribution is 9.10. The fraction of sp³-hybridized carbons (Fsp3) is 0.154. The Morgan fingerprint density at radius 2 is 2.19 bits per heavy atom. The number of halogens is 1. The zero-order valence-electron chi connectivity index (χ0n) is 11.0. The van der Waals surface area contributed by atoms with E-state index in [1.165, 1.54) is 29.5 Å². The molecule has 0 saturated heterocycles. The number of hydrogen-bond acceptors (Lipinski definition) is 5. The van der Waals surface area contributed by atoms with E-state index in [4.69, 9.17) is 10.8 Å². The molecule has 6 nitrogen and oxygen atoms in total. The molecule has 0 radical (unpaired) electrons. The number of nitrogens with zero attached hydrogens (tertiary/aromatic N) is 1. The summed E-state index contributed by atoms with van der Waals surface area (Å²) in [5.41, 5.74) is 6.59. The quantitative estimate of drug-likeness (QED) is 0.768. The lowest BCUT2D eigenvalue weighted by Gasteiger charge is -2.06. The highest BCUT2D eigenvalue weighted by Gasteiger charge is 2.15. The number of carbonyl (C=O) groups excluding carboxylic acids is 1. The molecule has 0 spiro atoms. The summed E-state index contributed by atoms with van der Waals surface area (Å²) in [7, 11) is 0. The SMILES string of the molecule is CC(N)c1nc(C(=O)Nc2ccc(C(=O)O)cc2Br)cs1. The number of aromatic nitrogens is 1. The van der Waals surface area contributed by atoms with E-state index in [9.17, 15) is 9.59 Å². The van der Waals surface area contributed by atoms with Gasteiger partial charge in [0.05, 0.1) is 17.3 Å². The third-order valence-electron chi connectivity index (χ3n) is 2.61. The van der Waals surface area contributed by atoms with E-state index in [1.54, 1.807) is 12.3 Å². The normalized spacial score (nSPS) is 12.0. The largest absolute Gasteiger partial charge is 0.478 e. The van der Waals surface area contributed by atoms with Gasteiger partial charge in [-0.15, -0.1) is 11.3 Å². The number of nitrogens with one attached hydrogen (secondary N) is 1. The predicted octanol–water partition coefficient (Wildman–Crippen LogP) is 2.88. The average molecular weight is 370 g/mol. The predicted molar refractivity (Wildman–Crippen MR) is 83.8 cm³/mol. The van der Waals surface area contributed by atoms with Crippen LogP contribution in [0.2, 0.25) is 0 Å². The van der Waals surface area contributed by atoms with Crippen LogP contribution < -0.4 is 11.1 Å². The van der Waals surface area contributed by atoms with Gasteiger partial charge in [0.1, 0.15) is 10.7 Å². The smallest absolute Gasteiger partial charge is 0.335 e.